The number of aromatic amines is 1. The van der Waals surface area contributed by atoms with E-state index >= 15 is 0 Å². The van der Waals surface area contributed by atoms with Gasteiger partial charge in [-0.25, -0.2) is 4.79 Å². The number of carboxylic acid groups (broad SMARTS) is 1. The number of carboxylic acids is 1. The molecule has 0 aliphatic carbocycles. The number of nitrogens with one attached hydrogen (secondary N) is 4. The lowest BCUT2D eigenvalue weighted by molar-refractivity contribution is -0.144. The summed E-state index contributed by atoms with van der Waals surface area (Å²) in [6.45, 7) is 7.11. The molecule has 1 heterocycles. The minimum absolute atomic E-state index is 0.105. The van der Waals surface area contributed by atoms with Crippen LogP contribution in [0.3, 0.4) is 0 Å². The number of benzene rings is 1. The zero-order valence-corrected chi connectivity index (χ0v) is 23.5. The second-order valence-corrected chi connectivity index (χ2v) is 10.3. The minimum Gasteiger partial charge on any atom is -0.480 e. The molecule has 220 valence electrons. The van der Waals surface area contributed by atoms with E-state index in [2.05, 4.69) is 20.9 Å². The molecule has 0 saturated heterocycles. The number of amides is 4. The molecule has 0 fully saturated rings. The Labute approximate surface area is 234 Å². The molecular formula is C28H42N6O6. The Kier molecular flexibility index (Phi) is 12.1. The molecule has 6 unspecified atom stereocenters. The lowest BCUT2D eigenvalue weighted by atomic mass is 9.95. The topological polar surface area (TPSA) is 209 Å². The van der Waals surface area contributed by atoms with Crippen LogP contribution in [0, 0.1) is 11.8 Å². The molecule has 6 atom stereocenters. The summed E-state index contributed by atoms with van der Waals surface area (Å²) >= 11 is 0. The van der Waals surface area contributed by atoms with Crippen LogP contribution in [0.4, 0.5) is 0 Å². The van der Waals surface area contributed by atoms with E-state index in [0.717, 1.165) is 16.5 Å². The van der Waals surface area contributed by atoms with E-state index in [4.69, 9.17) is 11.5 Å². The molecule has 2 aromatic rings. The molecule has 0 aliphatic heterocycles. The summed E-state index contributed by atoms with van der Waals surface area (Å²) in [6, 6.07) is 3.18. The number of hydrogen-bond donors (Lipinski definition) is 7. The molecule has 0 spiro atoms. The van der Waals surface area contributed by atoms with E-state index in [9.17, 15) is 29.1 Å². The fourth-order valence-corrected chi connectivity index (χ4v) is 4.35. The van der Waals surface area contributed by atoms with Crippen LogP contribution in [0.15, 0.2) is 30.5 Å². The fourth-order valence-electron chi connectivity index (χ4n) is 4.35. The molecule has 0 bridgehead atoms. The van der Waals surface area contributed by atoms with Crippen LogP contribution in [0.5, 0.6) is 0 Å². The molecule has 12 heteroatoms. The Morgan fingerprint density at radius 2 is 1.50 bits per heavy atom. The predicted octanol–water partition coefficient (Wildman–Crippen LogP) is 0.934. The molecule has 2 rings (SSSR count). The van der Waals surface area contributed by atoms with Crippen LogP contribution in [0.25, 0.3) is 10.9 Å². The Morgan fingerprint density at radius 1 is 0.900 bits per heavy atom. The maximum absolute atomic E-state index is 13.3. The van der Waals surface area contributed by atoms with Crippen molar-refractivity contribution in [2.75, 3.05) is 0 Å². The van der Waals surface area contributed by atoms with Gasteiger partial charge in [0.15, 0.2) is 0 Å². The van der Waals surface area contributed by atoms with Crippen molar-refractivity contribution in [1.29, 1.82) is 0 Å². The normalized spacial score (nSPS) is 15.7. The van der Waals surface area contributed by atoms with Gasteiger partial charge in [-0.15, -0.1) is 0 Å². The number of carbonyl (C=O) groups is 5. The van der Waals surface area contributed by atoms with Gasteiger partial charge in [-0.1, -0.05) is 58.7 Å². The monoisotopic (exact) mass is 558 g/mol. The van der Waals surface area contributed by atoms with Gasteiger partial charge in [0.2, 0.25) is 23.6 Å². The zero-order chi connectivity index (χ0) is 30.0. The van der Waals surface area contributed by atoms with E-state index < -0.39 is 53.8 Å². The van der Waals surface area contributed by atoms with E-state index in [0.29, 0.717) is 12.8 Å². The third-order valence-corrected chi connectivity index (χ3v) is 7.33. The van der Waals surface area contributed by atoms with Crippen LogP contribution in [0.1, 0.15) is 58.9 Å². The number of aromatic nitrogens is 1. The van der Waals surface area contributed by atoms with Crippen LogP contribution in [0.2, 0.25) is 0 Å². The first-order valence-corrected chi connectivity index (χ1v) is 13.6. The van der Waals surface area contributed by atoms with Crippen molar-refractivity contribution >= 4 is 40.5 Å². The van der Waals surface area contributed by atoms with Crippen molar-refractivity contribution in [1.82, 2.24) is 20.9 Å². The second kappa shape index (κ2) is 15.0. The van der Waals surface area contributed by atoms with Crippen molar-refractivity contribution in [2.24, 2.45) is 23.3 Å². The van der Waals surface area contributed by atoms with Gasteiger partial charge in [-0.3, -0.25) is 19.2 Å². The number of para-hydroxylation sites is 1. The Morgan fingerprint density at radius 3 is 2.10 bits per heavy atom. The van der Waals surface area contributed by atoms with Gasteiger partial charge in [0.1, 0.15) is 18.1 Å². The maximum atomic E-state index is 13.3. The second-order valence-electron chi connectivity index (χ2n) is 10.3. The molecular weight excluding hydrogens is 516 g/mol. The van der Waals surface area contributed by atoms with Gasteiger partial charge < -0.3 is 37.5 Å². The van der Waals surface area contributed by atoms with Gasteiger partial charge in [0.25, 0.3) is 0 Å². The molecule has 0 saturated carbocycles. The number of hydrogen-bond acceptors (Lipinski definition) is 6. The third-order valence-electron chi connectivity index (χ3n) is 7.33. The molecule has 40 heavy (non-hydrogen) atoms. The molecule has 9 N–H and O–H groups in total. The highest BCUT2D eigenvalue weighted by atomic mass is 16.4. The largest absolute Gasteiger partial charge is 0.480 e. The van der Waals surface area contributed by atoms with Crippen molar-refractivity contribution < 1.29 is 29.1 Å². The number of nitrogens with two attached hydrogens (primary N) is 2. The van der Waals surface area contributed by atoms with E-state index in [1.54, 1.807) is 20.0 Å². The number of primary amides is 1. The van der Waals surface area contributed by atoms with Crippen LogP contribution in [-0.2, 0) is 30.4 Å². The van der Waals surface area contributed by atoms with Crippen LogP contribution in [-0.4, -0.2) is 63.9 Å². The first-order valence-electron chi connectivity index (χ1n) is 13.6. The summed E-state index contributed by atoms with van der Waals surface area (Å²) in [7, 11) is 0. The van der Waals surface area contributed by atoms with Crippen molar-refractivity contribution in [3.63, 3.8) is 0 Å². The highest BCUT2D eigenvalue weighted by Crippen LogP contribution is 2.19. The summed E-state index contributed by atoms with van der Waals surface area (Å²) in [5, 5.41) is 18.3. The molecule has 1 aromatic heterocycles. The first-order chi connectivity index (χ1) is 18.9. The Bertz CT molecular complexity index is 1200. The van der Waals surface area contributed by atoms with Gasteiger partial charge in [0.05, 0.1) is 6.04 Å². The highest BCUT2D eigenvalue weighted by Gasteiger charge is 2.34. The minimum atomic E-state index is -1.20. The maximum Gasteiger partial charge on any atom is 0.326 e. The summed E-state index contributed by atoms with van der Waals surface area (Å²) < 4.78 is 0. The number of rotatable bonds is 16. The third kappa shape index (κ3) is 8.80. The SMILES string of the molecule is CCC(C)C(NC(=O)C(NC(=O)C(CCC(N)=O)NC(=O)C(N)Cc1c[nH]c2ccccc12)C(C)CC)C(=O)O. The van der Waals surface area contributed by atoms with E-state index in [1.807, 2.05) is 38.1 Å². The Balaban J connectivity index is 2.18. The molecule has 12 nitrogen and oxygen atoms in total. The average Bonchev–Trinajstić information content (AvgIpc) is 3.33. The van der Waals surface area contributed by atoms with Gasteiger partial charge in [-0.05, 0) is 36.3 Å². The van der Waals surface area contributed by atoms with E-state index in [-0.39, 0.29) is 31.1 Å². The lowest BCUT2D eigenvalue weighted by Gasteiger charge is -2.29. The van der Waals surface area contributed by atoms with Crippen LogP contribution < -0.4 is 27.4 Å². The van der Waals surface area contributed by atoms with Crippen LogP contribution >= 0.6 is 0 Å². The summed E-state index contributed by atoms with van der Waals surface area (Å²) in [4.78, 5) is 65.8. The first kappa shape index (κ1) is 32.3. The highest BCUT2D eigenvalue weighted by molar-refractivity contribution is 5.95. The van der Waals surface area contributed by atoms with Gasteiger partial charge in [0, 0.05) is 23.5 Å². The number of carbonyl (C=O) groups excluding carboxylic acids is 4. The van der Waals surface area contributed by atoms with Crippen molar-refractivity contribution in [3.05, 3.63) is 36.0 Å². The fraction of sp³-hybridized carbons (Fsp3) is 0.536. The summed E-state index contributed by atoms with van der Waals surface area (Å²) in [5.41, 5.74) is 13.2. The molecule has 0 radical (unpaired) electrons. The molecule has 1 aromatic carbocycles. The van der Waals surface area contributed by atoms with E-state index in [1.165, 1.54) is 0 Å². The van der Waals surface area contributed by atoms with Crippen molar-refractivity contribution in [3.8, 4) is 0 Å². The van der Waals surface area contributed by atoms with Gasteiger partial charge >= 0.3 is 5.97 Å². The van der Waals surface area contributed by atoms with Gasteiger partial charge in [-0.2, -0.15) is 0 Å². The van der Waals surface area contributed by atoms with Crippen molar-refractivity contribution in [2.45, 2.75) is 84.0 Å². The molecule has 4 amide bonds. The number of H-pyrrole nitrogens is 1. The lowest BCUT2D eigenvalue weighted by Crippen LogP contribution is -2.59. The summed E-state index contributed by atoms with van der Waals surface area (Å²) in [6.07, 6.45) is 2.71. The predicted molar refractivity (Wildman–Crippen MR) is 151 cm³/mol. The number of aliphatic carboxylic acids is 1. The summed E-state index contributed by atoms with van der Waals surface area (Å²) in [5.74, 6) is -4.49. The smallest absolute Gasteiger partial charge is 0.326 e. The standard InChI is InChI=1S/C28H42N6O6/c1-5-15(3)23(27(38)34-24(28(39)40)16(4)6-2)33-26(37)21(11-12-22(30)35)32-25(36)19(29)13-17-14-31-20-10-8-7-9-18(17)20/h7-10,14-16,19,21,23-24,31H,5-6,11-13,29H2,1-4H3,(H2,30,35)(H,32,36)(H,33,37)(H,34,38)(H,39,40). The Hall–Kier alpha value is -3.93. The quantitative estimate of drug-likeness (QED) is 0.158. The zero-order valence-electron chi connectivity index (χ0n) is 23.5. The average molecular weight is 559 g/mol. The molecule has 0 aliphatic rings. The number of fused-ring (bicyclic) bond motifs is 1.